The molecule has 1 aromatic heterocycles. The first-order valence-electron chi connectivity index (χ1n) is 7.37. The van der Waals surface area contributed by atoms with E-state index in [0.29, 0.717) is 16.7 Å². The lowest BCUT2D eigenvalue weighted by Gasteiger charge is -2.07. The summed E-state index contributed by atoms with van der Waals surface area (Å²) in [7, 11) is 1.64. The summed E-state index contributed by atoms with van der Waals surface area (Å²) in [6, 6.07) is 11.2. The van der Waals surface area contributed by atoms with Crippen molar-refractivity contribution in [2.75, 3.05) is 7.11 Å². The van der Waals surface area contributed by atoms with Crippen molar-refractivity contribution in [3.8, 4) is 5.75 Å². The highest BCUT2D eigenvalue weighted by molar-refractivity contribution is 9.10. The van der Waals surface area contributed by atoms with Gasteiger partial charge in [-0.1, -0.05) is 15.9 Å². The van der Waals surface area contributed by atoms with Crippen LogP contribution in [0.3, 0.4) is 0 Å². The highest BCUT2D eigenvalue weighted by Gasteiger charge is 2.07. The number of rotatable bonds is 3. The van der Waals surface area contributed by atoms with E-state index in [2.05, 4.69) is 26.0 Å². The molecule has 0 unspecified atom stereocenters. The summed E-state index contributed by atoms with van der Waals surface area (Å²) in [6.45, 7) is 3.72. The molecule has 0 spiro atoms. The second kappa shape index (κ2) is 6.57. The fourth-order valence-corrected chi connectivity index (χ4v) is 2.86. The van der Waals surface area contributed by atoms with E-state index in [-0.39, 0.29) is 5.56 Å². The number of aromatic nitrogens is 2. The lowest BCUT2D eigenvalue weighted by atomic mass is 10.1. The van der Waals surface area contributed by atoms with Crippen LogP contribution in [0.15, 0.2) is 50.8 Å². The zero-order valence-corrected chi connectivity index (χ0v) is 15.2. The third kappa shape index (κ3) is 3.10. The van der Waals surface area contributed by atoms with Gasteiger partial charge in [0.25, 0.3) is 5.56 Å². The zero-order chi connectivity index (χ0) is 17.3. The maximum absolute atomic E-state index is 12.7. The average molecular weight is 386 g/mol. The molecule has 0 atom stereocenters. The highest BCUT2D eigenvalue weighted by Crippen LogP contribution is 2.18. The molecule has 0 saturated heterocycles. The Morgan fingerprint density at radius 1 is 1.21 bits per heavy atom. The second-order valence-electron chi connectivity index (χ2n) is 5.41. The number of ether oxygens (including phenoxy) is 1. The molecule has 24 heavy (non-hydrogen) atoms. The van der Waals surface area contributed by atoms with Gasteiger partial charge in [-0.25, -0.2) is 4.98 Å². The topological polar surface area (TPSA) is 56.5 Å². The molecule has 0 radical (unpaired) electrons. The van der Waals surface area contributed by atoms with Crippen molar-refractivity contribution in [2.45, 2.75) is 13.8 Å². The van der Waals surface area contributed by atoms with Gasteiger partial charge < -0.3 is 4.74 Å². The molecule has 2 aromatic carbocycles. The van der Waals surface area contributed by atoms with Crippen molar-refractivity contribution in [2.24, 2.45) is 5.10 Å². The van der Waals surface area contributed by atoms with Crippen LogP contribution >= 0.6 is 15.9 Å². The summed E-state index contributed by atoms with van der Waals surface area (Å²) in [5.74, 6) is 1.36. The summed E-state index contributed by atoms with van der Waals surface area (Å²) < 4.78 is 7.39. The van der Waals surface area contributed by atoms with E-state index in [9.17, 15) is 4.79 Å². The van der Waals surface area contributed by atoms with Crippen LogP contribution in [-0.2, 0) is 0 Å². The van der Waals surface area contributed by atoms with Crippen molar-refractivity contribution in [1.82, 2.24) is 9.66 Å². The van der Waals surface area contributed by atoms with Gasteiger partial charge in [-0.3, -0.25) is 4.79 Å². The Bertz CT molecular complexity index is 1010. The molecule has 0 fully saturated rings. The minimum Gasteiger partial charge on any atom is -0.496 e. The number of aryl methyl sites for hydroxylation is 2. The molecule has 122 valence electrons. The summed E-state index contributed by atoms with van der Waals surface area (Å²) in [4.78, 5) is 17.1. The number of hydrogen-bond acceptors (Lipinski definition) is 4. The van der Waals surface area contributed by atoms with Gasteiger partial charge in [0, 0.05) is 4.47 Å². The first kappa shape index (κ1) is 16.4. The largest absolute Gasteiger partial charge is 0.496 e. The fraction of sp³-hybridized carbons (Fsp3) is 0.167. The van der Waals surface area contributed by atoms with E-state index >= 15 is 0 Å². The Morgan fingerprint density at radius 3 is 2.71 bits per heavy atom. The smallest absolute Gasteiger partial charge is 0.282 e. The zero-order valence-electron chi connectivity index (χ0n) is 13.6. The summed E-state index contributed by atoms with van der Waals surface area (Å²) in [5.41, 5.74) is 2.35. The van der Waals surface area contributed by atoms with Gasteiger partial charge >= 0.3 is 0 Å². The second-order valence-corrected chi connectivity index (χ2v) is 6.33. The van der Waals surface area contributed by atoms with E-state index in [1.165, 1.54) is 4.68 Å². The number of nitrogens with zero attached hydrogens (tertiary/aromatic N) is 3. The molecule has 5 nitrogen and oxygen atoms in total. The maximum Gasteiger partial charge on any atom is 0.282 e. The van der Waals surface area contributed by atoms with Gasteiger partial charge in [-0.15, -0.1) is 0 Å². The minimum absolute atomic E-state index is 0.194. The standard InChI is InChI=1S/C18H16BrN3O2/c1-11-8-13(4-7-17(11)24-3)10-20-22-12(2)21-16-6-5-14(19)9-15(16)18(22)23/h4-10H,1-3H3. The van der Waals surface area contributed by atoms with Crippen LogP contribution in [0.2, 0.25) is 0 Å². The lowest BCUT2D eigenvalue weighted by molar-refractivity contribution is 0.411. The number of halogens is 1. The van der Waals surface area contributed by atoms with Gasteiger partial charge in [-0.05, 0) is 61.4 Å². The maximum atomic E-state index is 12.7. The van der Waals surface area contributed by atoms with Crippen molar-refractivity contribution in [3.05, 3.63) is 68.2 Å². The van der Waals surface area contributed by atoms with E-state index in [0.717, 1.165) is 21.3 Å². The first-order chi connectivity index (χ1) is 11.5. The Balaban J connectivity index is 2.06. The number of methoxy groups -OCH3 is 1. The molecular weight excluding hydrogens is 370 g/mol. The number of benzene rings is 2. The predicted octanol–water partition coefficient (Wildman–Crippen LogP) is 3.67. The van der Waals surface area contributed by atoms with Crippen LogP contribution in [0.4, 0.5) is 0 Å². The van der Waals surface area contributed by atoms with Gasteiger partial charge in [0.15, 0.2) is 0 Å². The Kier molecular flexibility index (Phi) is 4.49. The summed E-state index contributed by atoms with van der Waals surface area (Å²) in [6.07, 6.45) is 1.65. The highest BCUT2D eigenvalue weighted by atomic mass is 79.9. The van der Waals surface area contributed by atoms with Crippen molar-refractivity contribution in [1.29, 1.82) is 0 Å². The van der Waals surface area contributed by atoms with E-state index in [1.54, 1.807) is 26.3 Å². The number of fused-ring (bicyclic) bond motifs is 1. The molecule has 0 saturated carbocycles. The third-order valence-corrected chi connectivity index (χ3v) is 4.20. The molecule has 0 N–H and O–H groups in total. The van der Waals surface area contributed by atoms with Gasteiger partial charge in [0.2, 0.25) is 0 Å². The SMILES string of the molecule is COc1ccc(C=Nn2c(C)nc3ccc(Br)cc3c2=O)cc1C. The Labute approximate surface area is 147 Å². The first-order valence-corrected chi connectivity index (χ1v) is 8.17. The van der Waals surface area contributed by atoms with Gasteiger partial charge in [0.1, 0.15) is 11.6 Å². The molecule has 0 aliphatic rings. The molecule has 0 bridgehead atoms. The molecule has 0 aliphatic carbocycles. The normalized spacial score (nSPS) is 11.3. The molecule has 0 amide bonds. The van der Waals surface area contributed by atoms with E-state index in [4.69, 9.17) is 4.74 Å². The molecular formula is C18H16BrN3O2. The molecule has 3 aromatic rings. The molecule has 0 aliphatic heterocycles. The Morgan fingerprint density at radius 2 is 2.00 bits per heavy atom. The molecule has 6 heteroatoms. The van der Waals surface area contributed by atoms with Crippen molar-refractivity contribution < 1.29 is 4.74 Å². The van der Waals surface area contributed by atoms with Crippen LogP contribution < -0.4 is 10.3 Å². The van der Waals surface area contributed by atoms with E-state index in [1.807, 2.05) is 37.3 Å². The third-order valence-electron chi connectivity index (χ3n) is 3.71. The molecule has 3 rings (SSSR count). The average Bonchev–Trinajstić information content (AvgIpc) is 2.55. The molecule has 1 heterocycles. The predicted molar refractivity (Wildman–Crippen MR) is 99.2 cm³/mol. The van der Waals surface area contributed by atoms with Crippen LogP contribution in [0.5, 0.6) is 5.75 Å². The quantitative estimate of drug-likeness (QED) is 0.646. The Hall–Kier alpha value is -2.47. The lowest BCUT2D eigenvalue weighted by Crippen LogP contribution is -2.20. The van der Waals surface area contributed by atoms with Crippen molar-refractivity contribution >= 4 is 33.0 Å². The number of hydrogen-bond donors (Lipinski definition) is 0. The van der Waals surface area contributed by atoms with Gasteiger partial charge in [0.05, 0.1) is 24.2 Å². The van der Waals surface area contributed by atoms with Crippen LogP contribution in [0, 0.1) is 13.8 Å². The van der Waals surface area contributed by atoms with Gasteiger partial charge in [-0.2, -0.15) is 9.78 Å². The van der Waals surface area contributed by atoms with E-state index < -0.39 is 0 Å². The van der Waals surface area contributed by atoms with Crippen LogP contribution in [0.1, 0.15) is 17.0 Å². The summed E-state index contributed by atoms with van der Waals surface area (Å²) >= 11 is 3.38. The van der Waals surface area contributed by atoms with Crippen molar-refractivity contribution in [3.63, 3.8) is 0 Å². The minimum atomic E-state index is -0.194. The monoisotopic (exact) mass is 385 g/mol. The fourth-order valence-electron chi connectivity index (χ4n) is 2.50. The van der Waals surface area contributed by atoms with Crippen LogP contribution in [0.25, 0.3) is 10.9 Å². The summed E-state index contributed by atoms with van der Waals surface area (Å²) in [5, 5.41) is 4.84. The van der Waals surface area contributed by atoms with Crippen LogP contribution in [-0.4, -0.2) is 23.0 Å².